The van der Waals surface area contributed by atoms with Crippen molar-refractivity contribution in [2.24, 2.45) is 10.8 Å². The minimum Gasteiger partial charge on any atom is -0.331 e. The number of piperidine rings is 1. The smallest absolute Gasteiger partial charge is 0.0838 e. The maximum absolute atomic E-state index is 2.51. The Hall–Kier alpha value is -0.0800. The Morgan fingerprint density at radius 2 is 1.38 bits per heavy atom. The summed E-state index contributed by atoms with van der Waals surface area (Å²) in [5.74, 6) is 0. The van der Waals surface area contributed by atoms with Crippen LogP contribution in [0.3, 0.4) is 0 Å². The standard InChI is InChI=1S/C19H40N2/c1-18(2)8-10-19(11-9-18)12-16-21(6,17-13-19)15-7-14-20(3,4)5/h7-17H2,1-6H3/q+2. The van der Waals surface area contributed by atoms with E-state index in [1.165, 1.54) is 75.6 Å². The zero-order chi connectivity index (χ0) is 15.8. The van der Waals surface area contributed by atoms with Crippen LogP contribution in [0.2, 0.25) is 0 Å². The zero-order valence-electron chi connectivity index (χ0n) is 15.7. The highest BCUT2D eigenvalue weighted by molar-refractivity contribution is 4.90. The first-order valence-electron chi connectivity index (χ1n) is 9.18. The Bertz CT molecular complexity index is 331. The van der Waals surface area contributed by atoms with E-state index in [0.717, 1.165) is 9.90 Å². The van der Waals surface area contributed by atoms with Crippen LogP contribution in [0, 0.1) is 10.8 Å². The van der Waals surface area contributed by atoms with Gasteiger partial charge in [-0.15, -0.1) is 0 Å². The normalized spacial score (nSPS) is 27.7. The average Bonchev–Trinajstić information content (AvgIpc) is 2.35. The van der Waals surface area contributed by atoms with Gasteiger partial charge < -0.3 is 8.97 Å². The van der Waals surface area contributed by atoms with Crippen molar-refractivity contribution in [2.45, 2.75) is 58.8 Å². The van der Waals surface area contributed by atoms with E-state index in [4.69, 9.17) is 0 Å². The third-order valence-electron chi connectivity index (χ3n) is 6.56. The summed E-state index contributed by atoms with van der Waals surface area (Å²) in [6.07, 6.45) is 10.3. The molecular weight excluding hydrogens is 256 g/mol. The Morgan fingerprint density at radius 3 is 1.86 bits per heavy atom. The van der Waals surface area contributed by atoms with Crippen LogP contribution in [0.4, 0.5) is 0 Å². The minimum atomic E-state index is 0.617. The predicted molar refractivity (Wildman–Crippen MR) is 92.2 cm³/mol. The van der Waals surface area contributed by atoms with Crippen LogP contribution in [0.25, 0.3) is 0 Å². The molecule has 2 heteroatoms. The van der Waals surface area contributed by atoms with Gasteiger partial charge in [-0.3, -0.25) is 0 Å². The van der Waals surface area contributed by atoms with Crippen molar-refractivity contribution in [3.8, 4) is 0 Å². The molecule has 1 heterocycles. The monoisotopic (exact) mass is 296 g/mol. The van der Waals surface area contributed by atoms with Gasteiger partial charge in [-0.25, -0.2) is 0 Å². The number of nitrogens with zero attached hydrogens (tertiary/aromatic N) is 2. The van der Waals surface area contributed by atoms with E-state index in [9.17, 15) is 0 Å². The minimum absolute atomic E-state index is 0.617. The predicted octanol–water partition coefficient (Wildman–Crippen LogP) is 3.91. The number of likely N-dealkylation sites (tertiary alicyclic amines) is 1. The molecule has 1 spiro atoms. The second-order valence-corrected chi connectivity index (χ2v) is 10.3. The zero-order valence-corrected chi connectivity index (χ0v) is 15.7. The lowest BCUT2D eigenvalue weighted by atomic mass is 9.61. The second-order valence-electron chi connectivity index (χ2n) is 10.3. The van der Waals surface area contributed by atoms with Crippen molar-refractivity contribution in [3.05, 3.63) is 0 Å². The van der Waals surface area contributed by atoms with Crippen LogP contribution in [0.1, 0.15) is 58.8 Å². The van der Waals surface area contributed by atoms with Crippen molar-refractivity contribution >= 4 is 0 Å². The summed E-state index contributed by atoms with van der Waals surface area (Å²) >= 11 is 0. The van der Waals surface area contributed by atoms with Crippen molar-refractivity contribution in [1.82, 2.24) is 0 Å². The fraction of sp³-hybridized carbons (Fsp3) is 1.00. The van der Waals surface area contributed by atoms with Crippen molar-refractivity contribution in [1.29, 1.82) is 0 Å². The molecule has 0 bridgehead atoms. The summed E-state index contributed by atoms with van der Waals surface area (Å²) in [7, 11) is 9.45. The average molecular weight is 297 g/mol. The first kappa shape index (κ1) is 17.3. The summed E-state index contributed by atoms with van der Waals surface area (Å²) in [6, 6.07) is 0. The quantitative estimate of drug-likeness (QED) is 0.690. The highest BCUT2D eigenvalue weighted by atomic mass is 15.3. The molecule has 0 aromatic carbocycles. The van der Waals surface area contributed by atoms with Gasteiger partial charge in [0.1, 0.15) is 0 Å². The van der Waals surface area contributed by atoms with Crippen LogP contribution in [-0.4, -0.2) is 63.3 Å². The number of rotatable bonds is 4. The summed E-state index contributed by atoms with van der Waals surface area (Å²) in [6.45, 7) is 10.5. The van der Waals surface area contributed by atoms with E-state index in [2.05, 4.69) is 42.0 Å². The lowest BCUT2D eigenvalue weighted by Crippen LogP contribution is -2.54. The van der Waals surface area contributed by atoms with Crippen molar-refractivity contribution < 1.29 is 8.97 Å². The third kappa shape index (κ3) is 4.96. The molecule has 0 radical (unpaired) electrons. The van der Waals surface area contributed by atoms with Crippen molar-refractivity contribution in [2.75, 3.05) is 54.4 Å². The van der Waals surface area contributed by atoms with Gasteiger partial charge in [-0.1, -0.05) is 13.8 Å². The fourth-order valence-electron chi connectivity index (χ4n) is 4.36. The van der Waals surface area contributed by atoms with Crippen LogP contribution in [-0.2, 0) is 0 Å². The van der Waals surface area contributed by atoms with Gasteiger partial charge in [0.25, 0.3) is 0 Å². The molecule has 0 aromatic rings. The number of hydrogen-bond acceptors (Lipinski definition) is 0. The Kier molecular flexibility index (Phi) is 4.81. The first-order valence-corrected chi connectivity index (χ1v) is 9.18. The summed E-state index contributed by atoms with van der Waals surface area (Å²) in [4.78, 5) is 0. The van der Waals surface area contributed by atoms with Crippen LogP contribution >= 0.6 is 0 Å². The summed E-state index contributed by atoms with van der Waals surface area (Å²) in [5.41, 5.74) is 1.35. The molecule has 0 N–H and O–H groups in total. The van der Waals surface area contributed by atoms with E-state index in [0.29, 0.717) is 5.41 Å². The molecule has 21 heavy (non-hydrogen) atoms. The molecule has 0 aromatic heterocycles. The molecule has 1 saturated heterocycles. The van der Waals surface area contributed by atoms with Gasteiger partial charge in [0.15, 0.2) is 0 Å². The lowest BCUT2D eigenvalue weighted by Gasteiger charge is -2.50. The largest absolute Gasteiger partial charge is 0.331 e. The molecule has 1 saturated carbocycles. The van der Waals surface area contributed by atoms with Gasteiger partial charge in [-0.2, -0.15) is 0 Å². The molecular formula is C19H40N2+2. The van der Waals surface area contributed by atoms with Gasteiger partial charge in [0.05, 0.1) is 54.4 Å². The van der Waals surface area contributed by atoms with E-state index in [1.807, 2.05) is 0 Å². The summed E-state index contributed by atoms with van der Waals surface area (Å²) < 4.78 is 2.45. The second kappa shape index (κ2) is 5.85. The Morgan fingerprint density at radius 1 is 0.857 bits per heavy atom. The third-order valence-corrected chi connectivity index (χ3v) is 6.56. The SMILES string of the molecule is CC1(C)CCC2(CC1)CC[N+](C)(CCC[N+](C)(C)C)CC2. The Labute approximate surface area is 133 Å². The molecule has 0 amide bonds. The molecule has 1 aliphatic heterocycles. The van der Waals surface area contributed by atoms with Gasteiger partial charge in [-0.05, 0) is 36.5 Å². The molecule has 0 unspecified atom stereocenters. The number of quaternary nitrogens is 2. The maximum Gasteiger partial charge on any atom is 0.0838 e. The molecule has 2 fully saturated rings. The lowest BCUT2D eigenvalue weighted by molar-refractivity contribution is -0.923. The molecule has 2 nitrogen and oxygen atoms in total. The molecule has 2 aliphatic rings. The fourth-order valence-corrected chi connectivity index (χ4v) is 4.36. The molecule has 124 valence electrons. The molecule has 1 aliphatic carbocycles. The number of hydrogen-bond donors (Lipinski definition) is 0. The maximum atomic E-state index is 2.51. The summed E-state index contributed by atoms with van der Waals surface area (Å²) in [5, 5.41) is 0. The van der Waals surface area contributed by atoms with Crippen LogP contribution in [0.5, 0.6) is 0 Å². The van der Waals surface area contributed by atoms with E-state index in [1.54, 1.807) is 0 Å². The first-order chi connectivity index (χ1) is 9.54. The topological polar surface area (TPSA) is 0 Å². The highest BCUT2D eigenvalue weighted by Gasteiger charge is 2.44. The van der Waals surface area contributed by atoms with Crippen molar-refractivity contribution in [3.63, 3.8) is 0 Å². The van der Waals surface area contributed by atoms with E-state index in [-0.39, 0.29) is 0 Å². The van der Waals surface area contributed by atoms with Crippen LogP contribution in [0.15, 0.2) is 0 Å². The van der Waals surface area contributed by atoms with Gasteiger partial charge in [0, 0.05) is 19.3 Å². The van der Waals surface area contributed by atoms with E-state index < -0.39 is 0 Å². The van der Waals surface area contributed by atoms with Gasteiger partial charge >= 0.3 is 0 Å². The van der Waals surface area contributed by atoms with Crippen LogP contribution < -0.4 is 0 Å². The van der Waals surface area contributed by atoms with E-state index >= 15 is 0 Å². The highest BCUT2D eigenvalue weighted by Crippen LogP contribution is 2.50. The van der Waals surface area contributed by atoms with Gasteiger partial charge in [0.2, 0.25) is 0 Å². The Balaban J connectivity index is 1.80. The molecule has 2 rings (SSSR count). The molecule has 0 atom stereocenters.